The second kappa shape index (κ2) is 9.33. The number of ether oxygens (including phenoxy) is 1. The standard InChI is InChI=1S/C25H27N5O2S/c1-17-11-22(18(2)29(17)15-21-9-6-10-32-21)23-16-33-25(27-23)28-24(31)12-19-13-26-30(14-19)20-7-4-3-5-8-20/h3-5,7-8,11,13-14,16,21H,6,9-10,12,15H2,1-2H3,(H,27,28,31). The quantitative estimate of drug-likeness (QED) is 0.430. The molecule has 1 amide bonds. The Morgan fingerprint density at radius 1 is 1.27 bits per heavy atom. The minimum absolute atomic E-state index is 0.104. The SMILES string of the molecule is Cc1cc(-c2csc(NC(=O)Cc3cnn(-c4ccccc4)c3)n2)c(C)n1CC1CCCO1. The van der Waals surface area contributed by atoms with Crippen LogP contribution in [0.5, 0.6) is 0 Å². The van der Waals surface area contributed by atoms with Crippen molar-refractivity contribution in [1.82, 2.24) is 19.3 Å². The van der Waals surface area contributed by atoms with Crippen LogP contribution in [0.2, 0.25) is 0 Å². The van der Waals surface area contributed by atoms with Crippen LogP contribution in [0.25, 0.3) is 16.9 Å². The average Bonchev–Trinajstić information content (AvgIpc) is 3.61. The van der Waals surface area contributed by atoms with Gasteiger partial charge in [0, 0.05) is 41.7 Å². The van der Waals surface area contributed by atoms with E-state index in [2.05, 4.69) is 39.9 Å². The predicted octanol–water partition coefficient (Wildman–Crippen LogP) is 4.77. The molecule has 1 aliphatic heterocycles. The molecule has 1 fully saturated rings. The van der Waals surface area contributed by atoms with Gasteiger partial charge < -0.3 is 14.6 Å². The van der Waals surface area contributed by atoms with Crippen molar-refractivity contribution >= 4 is 22.4 Å². The molecule has 0 saturated carbocycles. The highest BCUT2D eigenvalue weighted by Gasteiger charge is 2.20. The Morgan fingerprint density at radius 2 is 2.12 bits per heavy atom. The number of hydrogen-bond acceptors (Lipinski definition) is 5. The fourth-order valence-electron chi connectivity index (χ4n) is 4.31. The molecule has 5 rings (SSSR count). The molecular weight excluding hydrogens is 434 g/mol. The number of nitrogens with one attached hydrogen (secondary N) is 1. The lowest BCUT2D eigenvalue weighted by atomic mass is 10.2. The fraction of sp³-hybridized carbons (Fsp3) is 0.320. The summed E-state index contributed by atoms with van der Waals surface area (Å²) in [5.74, 6) is -0.104. The Kier molecular flexibility index (Phi) is 6.11. The number of rotatable bonds is 7. The molecule has 0 bridgehead atoms. The van der Waals surface area contributed by atoms with Crippen LogP contribution in [0.4, 0.5) is 5.13 Å². The third-order valence-electron chi connectivity index (χ3n) is 6.03. The van der Waals surface area contributed by atoms with Gasteiger partial charge in [-0.1, -0.05) is 18.2 Å². The molecule has 1 saturated heterocycles. The molecule has 0 spiro atoms. The fourth-order valence-corrected chi connectivity index (χ4v) is 5.04. The van der Waals surface area contributed by atoms with E-state index in [1.807, 2.05) is 41.9 Å². The molecule has 33 heavy (non-hydrogen) atoms. The summed E-state index contributed by atoms with van der Waals surface area (Å²) in [5.41, 5.74) is 6.19. The summed E-state index contributed by atoms with van der Waals surface area (Å²) >= 11 is 1.44. The van der Waals surface area contributed by atoms with Crippen LogP contribution in [0.3, 0.4) is 0 Å². The molecule has 1 unspecified atom stereocenters. The van der Waals surface area contributed by atoms with E-state index < -0.39 is 0 Å². The molecule has 0 radical (unpaired) electrons. The molecular formula is C25H27N5O2S. The highest BCUT2D eigenvalue weighted by molar-refractivity contribution is 7.14. The molecule has 8 heteroatoms. The number of para-hydroxylation sites is 1. The largest absolute Gasteiger partial charge is 0.376 e. The Morgan fingerprint density at radius 3 is 2.91 bits per heavy atom. The minimum Gasteiger partial charge on any atom is -0.376 e. The zero-order valence-corrected chi connectivity index (χ0v) is 19.6. The summed E-state index contributed by atoms with van der Waals surface area (Å²) < 4.78 is 9.90. The van der Waals surface area contributed by atoms with Crippen molar-refractivity contribution in [2.45, 2.75) is 45.8 Å². The van der Waals surface area contributed by atoms with Gasteiger partial charge in [0.25, 0.3) is 0 Å². The van der Waals surface area contributed by atoms with Crippen molar-refractivity contribution < 1.29 is 9.53 Å². The zero-order chi connectivity index (χ0) is 22.8. The first-order chi connectivity index (χ1) is 16.1. The van der Waals surface area contributed by atoms with E-state index in [-0.39, 0.29) is 12.3 Å². The number of nitrogens with zero attached hydrogens (tertiary/aromatic N) is 4. The second-order valence-electron chi connectivity index (χ2n) is 8.42. The molecule has 1 aliphatic rings. The van der Waals surface area contributed by atoms with Crippen LogP contribution >= 0.6 is 11.3 Å². The van der Waals surface area contributed by atoms with Gasteiger partial charge in [-0.05, 0) is 50.5 Å². The van der Waals surface area contributed by atoms with Crippen molar-refractivity contribution in [1.29, 1.82) is 0 Å². The van der Waals surface area contributed by atoms with E-state index >= 15 is 0 Å². The van der Waals surface area contributed by atoms with E-state index in [1.54, 1.807) is 10.9 Å². The predicted molar refractivity (Wildman–Crippen MR) is 130 cm³/mol. The average molecular weight is 462 g/mol. The highest BCUT2D eigenvalue weighted by atomic mass is 32.1. The summed E-state index contributed by atoms with van der Waals surface area (Å²) in [7, 11) is 0. The Balaban J connectivity index is 1.24. The van der Waals surface area contributed by atoms with Crippen LogP contribution in [0, 0.1) is 13.8 Å². The van der Waals surface area contributed by atoms with Crippen LogP contribution in [0.15, 0.2) is 54.2 Å². The van der Waals surface area contributed by atoms with Crippen molar-refractivity contribution in [3.8, 4) is 16.9 Å². The van der Waals surface area contributed by atoms with Crippen LogP contribution in [-0.4, -0.2) is 37.9 Å². The van der Waals surface area contributed by atoms with Crippen molar-refractivity contribution in [3.05, 3.63) is 71.1 Å². The number of amides is 1. The van der Waals surface area contributed by atoms with Gasteiger partial charge in [-0.2, -0.15) is 5.10 Å². The van der Waals surface area contributed by atoms with Crippen molar-refractivity contribution in [2.24, 2.45) is 0 Å². The maximum absolute atomic E-state index is 12.6. The first-order valence-corrected chi connectivity index (χ1v) is 12.1. The van der Waals surface area contributed by atoms with Gasteiger partial charge in [-0.25, -0.2) is 9.67 Å². The smallest absolute Gasteiger partial charge is 0.230 e. The first kappa shape index (κ1) is 21.6. The maximum Gasteiger partial charge on any atom is 0.230 e. The summed E-state index contributed by atoms with van der Waals surface area (Å²) in [5, 5.41) is 9.90. The molecule has 4 aromatic rings. The number of hydrogen-bond donors (Lipinski definition) is 1. The Bertz CT molecular complexity index is 1250. The number of aromatic nitrogens is 4. The van der Waals surface area contributed by atoms with Gasteiger partial charge in [-0.3, -0.25) is 4.79 Å². The number of benzene rings is 1. The molecule has 7 nitrogen and oxygen atoms in total. The van der Waals surface area contributed by atoms with E-state index in [0.29, 0.717) is 11.2 Å². The highest BCUT2D eigenvalue weighted by Crippen LogP contribution is 2.31. The van der Waals surface area contributed by atoms with E-state index in [0.717, 1.165) is 48.5 Å². The number of aryl methyl sites for hydroxylation is 1. The topological polar surface area (TPSA) is 74.0 Å². The molecule has 3 aromatic heterocycles. The Hall–Kier alpha value is -3.23. The van der Waals surface area contributed by atoms with Gasteiger partial charge >= 0.3 is 0 Å². The summed E-state index contributed by atoms with van der Waals surface area (Å²) in [6.45, 7) is 5.98. The lowest BCUT2D eigenvalue weighted by Crippen LogP contribution is -2.16. The maximum atomic E-state index is 12.6. The molecule has 1 N–H and O–H groups in total. The summed E-state index contributed by atoms with van der Waals surface area (Å²) in [6, 6.07) is 12.0. The van der Waals surface area contributed by atoms with Crippen molar-refractivity contribution in [3.63, 3.8) is 0 Å². The number of carbonyl (C=O) groups is 1. The van der Waals surface area contributed by atoms with Gasteiger partial charge in [0.1, 0.15) is 0 Å². The van der Waals surface area contributed by atoms with Gasteiger partial charge in [0.05, 0.1) is 30.1 Å². The normalized spacial score (nSPS) is 15.8. The monoisotopic (exact) mass is 461 g/mol. The lowest BCUT2D eigenvalue weighted by molar-refractivity contribution is -0.115. The molecule has 4 heterocycles. The van der Waals surface area contributed by atoms with Gasteiger partial charge in [0.2, 0.25) is 5.91 Å². The minimum atomic E-state index is -0.104. The van der Waals surface area contributed by atoms with Crippen LogP contribution in [-0.2, 0) is 22.5 Å². The first-order valence-electron chi connectivity index (χ1n) is 11.2. The second-order valence-corrected chi connectivity index (χ2v) is 9.28. The third-order valence-corrected chi connectivity index (χ3v) is 6.79. The van der Waals surface area contributed by atoms with E-state index in [9.17, 15) is 4.79 Å². The van der Waals surface area contributed by atoms with Crippen LogP contribution < -0.4 is 5.32 Å². The number of carbonyl (C=O) groups excluding carboxylic acids is 1. The zero-order valence-electron chi connectivity index (χ0n) is 18.8. The lowest BCUT2D eigenvalue weighted by Gasteiger charge is -2.14. The van der Waals surface area contributed by atoms with Gasteiger partial charge in [0.15, 0.2) is 5.13 Å². The number of thiazole rings is 1. The molecule has 1 atom stereocenters. The van der Waals surface area contributed by atoms with Gasteiger partial charge in [-0.15, -0.1) is 11.3 Å². The van der Waals surface area contributed by atoms with E-state index in [4.69, 9.17) is 4.74 Å². The Labute approximate surface area is 197 Å². The van der Waals surface area contributed by atoms with Crippen LogP contribution in [0.1, 0.15) is 29.8 Å². The number of anilines is 1. The van der Waals surface area contributed by atoms with Crippen molar-refractivity contribution in [2.75, 3.05) is 11.9 Å². The molecule has 0 aliphatic carbocycles. The summed E-state index contributed by atoms with van der Waals surface area (Å²) in [6.07, 6.45) is 6.40. The third kappa shape index (κ3) is 4.77. The van der Waals surface area contributed by atoms with E-state index in [1.165, 1.54) is 22.7 Å². The molecule has 170 valence electrons. The molecule has 1 aromatic carbocycles. The summed E-state index contributed by atoms with van der Waals surface area (Å²) in [4.78, 5) is 17.3.